The molecular formula is C12H17N5. The number of anilines is 1. The molecule has 0 saturated heterocycles. The number of rotatable bonds is 4. The van der Waals surface area contributed by atoms with Gasteiger partial charge in [-0.05, 0) is 38.7 Å². The Morgan fingerprint density at radius 3 is 2.76 bits per heavy atom. The molecule has 0 aliphatic heterocycles. The van der Waals surface area contributed by atoms with Crippen LogP contribution >= 0.6 is 0 Å². The highest BCUT2D eigenvalue weighted by molar-refractivity contribution is 5.75. The summed E-state index contributed by atoms with van der Waals surface area (Å²) in [5.41, 5.74) is 2.88. The van der Waals surface area contributed by atoms with E-state index in [0.717, 1.165) is 24.1 Å². The normalized spacial score (nSPS) is 11.1. The molecule has 17 heavy (non-hydrogen) atoms. The quantitative estimate of drug-likeness (QED) is 0.859. The number of fused-ring (bicyclic) bond motifs is 1. The third-order valence-corrected chi connectivity index (χ3v) is 2.45. The summed E-state index contributed by atoms with van der Waals surface area (Å²) in [5.74, 6) is 0.586. The summed E-state index contributed by atoms with van der Waals surface area (Å²) in [5, 5.41) is 11.4. The van der Waals surface area contributed by atoms with Crippen molar-refractivity contribution in [3.05, 3.63) is 23.8 Å². The van der Waals surface area contributed by atoms with Crippen molar-refractivity contribution in [2.24, 2.45) is 0 Å². The zero-order valence-corrected chi connectivity index (χ0v) is 10.4. The Bertz CT molecular complexity index is 509. The highest BCUT2D eigenvalue weighted by Crippen LogP contribution is 2.11. The summed E-state index contributed by atoms with van der Waals surface area (Å²) in [6.45, 7) is 3.78. The van der Waals surface area contributed by atoms with Crippen LogP contribution in [0.5, 0.6) is 0 Å². The second kappa shape index (κ2) is 5.05. The van der Waals surface area contributed by atoms with E-state index in [1.54, 1.807) is 0 Å². The fourth-order valence-corrected chi connectivity index (χ4v) is 1.51. The van der Waals surface area contributed by atoms with E-state index in [-0.39, 0.29) is 0 Å². The van der Waals surface area contributed by atoms with Crippen LogP contribution in [0.4, 0.5) is 5.95 Å². The minimum Gasteiger partial charge on any atom is -0.352 e. The molecule has 0 aliphatic carbocycles. The van der Waals surface area contributed by atoms with Crippen LogP contribution in [-0.4, -0.2) is 47.3 Å². The number of likely N-dealkylation sites (N-methyl/N-ethyl adjacent to an activating group) is 1. The van der Waals surface area contributed by atoms with Gasteiger partial charge >= 0.3 is 0 Å². The highest BCUT2D eigenvalue weighted by atomic mass is 15.2. The van der Waals surface area contributed by atoms with Gasteiger partial charge < -0.3 is 10.2 Å². The van der Waals surface area contributed by atoms with Gasteiger partial charge in [-0.2, -0.15) is 0 Å². The lowest BCUT2D eigenvalue weighted by Gasteiger charge is -2.10. The summed E-state index contributed by atoms with van der Waals surface area (Å²) in [4.78, 5) is 6.51. The summed E-state index contributed by atoms with van der Waals surface area (Å²) in [6.07, 6.45) is 0. The van der Waals surface area contributed by atoms with Crippen molar-refractivity contribution in [1.82, 2.24) is 20.1 Å². The lowest BCUT2D eigenvalue weighted by atomic mass is 10.2. The Balaban J connectivity index is 2.12. The number of nitrogens with one attached hydrogen (secondary N) is 1. The second-order valence-corrected chi connectivity index (χ2v) is 4.36. The van der Waals surface area contributed by atoms with Crippen molar-refractivity contribution in [3.8, 4) is 0 Å². The number of hydrogen-bond donors (Lipinski definition) is 1. The molecule has 0 saturated carbocycles. The molecule has 5 nitrogen and oxygen atoms in total. The van der Waals surface area contributed by atoms with E-state index in [9.17, 15) is 0 Å². The van der Waals surface area contributed by atoms with Crippen LogP contribution in [0.25, 0.3) is 11.0 Å². The average molecular weight is 231 g/mol. The van der Waals surface area contributed by atoms with Crippen molar-refractivity contribution in [3.63, 3.8) is 0 Å². The predicted molar refractivity (Wildman–Crippen MR) is 69.1 cm³/mol. The van der Waals surface area contributed by atoms with E-state index in [4.69, 9.17) is 0 Å². The smallest absolute Gasteiger partial charge is 0.243 e. The van der Waals surface area contributed by atoms with Crippen LogP contribution in [0.2, 0.25) is 0 Å². The maximum Gasteiger partial charge on any atom is 0.243 e. The summed E-state index contributed by atoms with van der Waals surface area (Å²) >= 11 is 0. The van der Waals surface area contributed by atoms with Crippen LogP contribution in [0.15, 0.2) is 18.2 Å². The van der Waals surface area contributed by atoms with Gasteiger partial charge in [-0.25, -0.2) is 4.98 Å². The van der Waals surface area contributed by atoms with Gasteiger partial charge in [0.25, 0.3) is 0 Å². The van der Waals surface area contributed by atoms with Crippen LogP contribution < -0.4 is 5.32 Å². The Labute approximate surface area is 101 Å². The van der Waals surface area contributed by atoms with Gasteiger partial charge in [0, 0.05) is 13.1 Å². The Hall–Kier alpha value is -1.75. The Kier molecular flexibility index (Phi) is 3.49. The summed E-state index contributed by atoms with van der Waals surface area (Å²) < 4.78 is 0. The number of aryl methyl sites for hydroxylation is 1. The zero-order chi connectivity index (χ0) is 12.3. The first-order chi connectivity index (χ1) is 8.15. The van der Waals surface area contributed by atoms with Gasteiger partial charge in [0.05, 0.1) is 5.52 Å². The van der Waals surface area contributed by atoms with Gasteiger partial charge in [0.15, 0.2) is 0 Å². The van der Waals surface area contributed by atoms with Gasteiger partial charge in [-0.3, -0.25) is 0 Å². The third-order valence-electron chi connectivity index (χ3n) is 2.45. The molecule has 0 aliphatic rings. The van der Waals surface area contributed by atoms with Crippen LogP contribution in [0, 0.1) is 6.92 Å². The minimum absolute atomic E-state index is 0.586. The molecule has 1 aromatic heterocycles. The van der Waals surface area contributed by atoms with Crippen molar-refractivity contribution >= 4 is 17.0 Å². The Morgan fingerprint density at radius 2 is 2.00 bits per heavy atom. The molecule has 0 radical (unpaired) electrons. The SMILES string of the molecule is Cc1ccc2nc(NCCN(C)C)nnc2c1. The summed E-state index contributed by atoms with van der Waals surface area (Å²) in [7, 11) is 4.06. The molecule has 1 aromatic carbocycles. The van der Waals surface area contributed by atoms with E-state index in [1.165, 1.54) is 5.56 Å². The lowest BCUT2D eigenvalue weighted by molar-refractivity contribution is 0.425. The van der Waals surface area contributed by atoms with Gasteiger partial charge in [-0.1, -0.05) is 6.07 Å². The van der Waals surface area contributed by atoms with Crippen LogP contribution in [0.3, 0.4) is 0 Å². The molecule has 0 spiro atoms. The Morgan fingerprint density at radius 1 is 1.18 bits per heavy atom. The van der Waals surface area contributed by atoms with Crippen LogP contribution in [-0.2, 0) is 0 Å². The largest absolute Gasteiger partial charge is 0.352 e. The third kappa shape index (κ3) is 3.10. The number of hydrogen-bond acceptors (Lipinski definition) is 5. The lowest BCUT2D eigenvalue weighted by Crippen LogP contribution is -2.21. The van der Waals surface area contributed by atoms with E-state index in [0.29, 0.717) is 5.95 Å². The average Bonchev–Trinajstić information content (AvgIpc) is 2.29. The van der Waals surface area contributed by atoms with Crippen molar-refractivity contribution < 1.29 is 0 Å². The monoisotopic (exact) mass is 231 g/mol. The van der Waals surface area contributed by atoms with Crippen molar-refractivity contribution in [2.75, 3.05) is 32.5 Å². The maximum atomic E-state index is 4.41. The summed E-state index contributed by atoms with van der Waals surface area (Å²) in [6, 6.07) is 5.98. The molecule has 90 valence electrons. The fourth-order valence-electron chi connectivity index (χ4n) is 1.51. The molecule has 2 aromatic rings. The molecule has 0 bridgehead atoms. The first-order valence-electron chi connectivity index (χ1n) is 5.65. The van der Waals surface area contributed by atoms with E-state index >= 15 is 0 Å². The molecule has 1 heterocycles. The predicted octanol–water partition coefficient (Wildman–Crippen LogP) is 1.31. The number of nitrogens with zero attached hydrogens (tertiary/aromatic N) is 4. The number of benzene rings is 1. The fraction of sp³-hybridized carbons (Fsp3) is 0.417. The van der Waals surface area contributed by atoms with Crippen LogP contribution in [0.1, 0.15) is 5.56 Å². The topological polar surface area (TPSA) is 53.9 Å². The van der Waals surface area contributed by atoms with Gasteiger partial charge in [0.1, 0.15) is 5.52 Å². The molecule has 2 rings (SSSR count). The molecule has 0 atom stereocenters. The molecular weight excluding hydrogens is 214 g/mol. The van der Waals surface area contributed by atoms with E-state index < -0.39 is 0 Å². The van der Waals surface area contributed by atoms with Gasteiger partial charge in [0.2, 0.25) is 5.95 Å². The molecule has 0 fully saturated rings. The second-order valence-electron chi connectivity index (χ2n) is 4.36. The van der Waals surface area contributed by atoms with Crippen molar-refractivity contribution in [2.45, 2.75) is 6.92 Å². The minimum atomic E-state index is 0.586. The van der Waals surface area contributed by atoms with Crippen molar-refractivity contribution in [1.29, 1.82) is 0 Å². The first kappa shape index (κ1) is 11.7. The molecule has 1 N–H and O–H groups in total. The molecule has 0 unspecified atom stereocenters. The van der Waals surface area contributed by atoms with Gasteiger partial charge in [-0.15, -0.1) is 10.2 Å². The highest BCUT2D eigenvalue weighted by Gasteiger charge is 2.01. The molecule has 0 amide bonds. The standard InChI is InChI=1S/C12H17N5/c1-9-4-5-10-11(8-9)15-16-12(14-10)13-6-7-17(2)3/h4-5,8H,6-7H2,1-3H3,(H,13,14,16). The maximum absolute atomic E-state index is 4.41. The first-order valence-corrected chi connectivity index (χ1v) is 5.65. The zero-order valence-electron chi connectivity index (χ0n) is 10.4. The van der Waals surface area contributed by atoms with E-state index in [1.807, 2.05) is 39.2 Å². The number of aromatic nitrogens is 3. The molecule has 5 heteroatoms. The van der Waals surface area contributed by atoms with E-state index in [2.05, 4.69) is 25.4 Å².